The van der Waals surface area contributed by atoms with Crippen molar-refractivity contribution in [3.8, 4) is 17.3 Å². The van der Waals surface area contributed by atoms with E-state index in [-0.39, 0.29) is 24.3 Å². The smallest absolute Gasteiger partial charge is 0.316 e. The minimum atomic E-state index is -0.695. The van der Waals surface area contributed by atoms with Gasteiger partial charge in [0.2, 0.25) is 5.82 Å². The zero-order chi connectivity index (χ0) is 19.6. The predicted octanol–water partition coefficient (Wildman–Crippen LogP) is 1.07. The molecule has 9 nitrogen and oxygen atoms in total. The number of nitrogens with zero attached hydrogens (tertiary/aromatic N) is 4. The Morgan fingerprint density at radius 1 is 1.32 bits per heavy atom. The maximum Gasteiger partial charge on any atom is 0.316 e. The van der Waals surface area contributed by atoms with Gasteiger partial charge in [-0.3, -0.25) is 9.20 Å². The van der Waals surface area contributed by atoms with Gasteiger partial charge in [-0.15, -0.1) is 0 Å². The van der Waals surface area contributed by atoms with E-state index in [0.717, 1.165) is 5.52 Å². The van der Waals surface area contributed by atoms with Crippen LogP contribution in [0, 0.1) is 0 Å². The Kier molecular flexibility index (Phi) is 4.93. The average Bonchev–Trinajstić information content (AvgIpc) is 3.14. The summed E-state index contributed by atoms with van der Waals surface area (Å²) in [5, 5.41) is 12.8. The molecule has 1 amide bonds. The zero-order valence-corrected chi connectivity index (χ0v) is 15.5. The molecule has 2 N–H and O–H groups in total. The lowest BCUT2D eigenvalue weighted by Crippen LogP contribution is -2.54. The first-order chi connectivity index (χ1) is 13.7. The number of fused-ring (bicyclic) bond motifs is 1. The first kappa shape index (κ1) is 18.3. The highest BCUT2D eigenvalue weighted by molar-refractivity contribution is 5.95. The molecule has 4 rings (SSSR count). The Bertz CT molecular complexity index is 980. The zero-order valence-electron chi connectivity index (χ0n) is 15.5. The number of rotatable bonds is 5. The van der Waals surface area contributed by atoms with Crippen molar-refractivity contribution in [3.05, 3.63) is 42.6 Å². The van der Waals surface area contributed by atoms with Crippen molar-refractivity contribution in [2.45, 2.75) is 18.4 Å². The normalized spacial score (nSPS) is 16.1. The highest BCUT2D eigenvalue weighted by atomic mass is 16.5. The van der Waals surface area contributed by atoms with Crippen molar-refractivity contribution < 1.29 is 19.4 Å². The second-order valence-corrected chi connectivity index (χ2v) is 6.70. The molecule has 1 saturated heterocycles. The van der Waals surface area contributed by atoms with Gasteiger partial charge in [0.15, 0.2) is 0 Å². The lowest BCUT2D eigenvalue weighted by molar-refractivity contribution is 0.0123. The van der Waals surface area contributed by atoms with Crippen LogP contribution in [0.4, 0.5) is 0 Å². The summed E-state index contributed by atoms with van der Waals surface area (Å²) in [7, 11) is 1.50. The standard InChI is InChI=1S/C19H21N5O4/c1-27-18-20-10-13(11-21-18)15-14-4-2-3-7-24(14)16(22-15)17(26)23-19(12-25)5-8-28-9-6-19/h2-4,7,10-11,25H,5-6,8-9,12H2,1H3,(H,23,26). The molecule has 4 heterocycles. The number of aliphatic hydroxyl groups excluding tert-OH is 1. The number of aromatic nitrogens is 4. The van der Waals surface area contributed by atoms with E-state index in [1.807, 2.05) is 18.2 Å². The van der Waals surface area contributed by atoms with E-state index in [1.54, 1.807) is 23.0 Å². The van der Waals surface area contributed by atoms with Gasteiger partial charge in [0.25, 0.3) is 5.91 Å². The van der Waals surface area contributed by atoms with Crippen LogP contribution in [-0.2, 0) is 4.74 Å². The van der Waals surface area contributed by atoms with Gasteiger partial charge in [-0.25, -0.2) is 15.0 Å². The van der Waals surface area contributed by atoms with E-state index < -0.39 is 5.54 Å². The van der Waals surface area contributed by atoms with Crippen molar-refractivity contribution in [2.24, 2.45) is 0 Å². The monoisotopic (exact) mass is 383 g/mol. The summed E-state index contributed by atoms with van der Waals surface area (Å²) in [6, 6.07) is 5.84. The number of methoxy groups -OCH3 is 1. The molecule has 0 aromatic carbocycles. The van der Waals surface area contributed by atoms with Crippen LogP contribution < -0.4 is 10.1 Å². The number of aliphatic hydroxyl groups is 1. The summed E-state index contributed by atoms with van der Waals surface area (Å²) >= 11 is 0. The van der Waals surface area contributed by atoms with Crippen molar-refractivity contribution in [1.82, 2.24) is 24.7 Å². The highest BCUT2D eigenvalue weighted by Gasteiger charge is 2.35. The molecule has 3 aromatic heterocycles. The van der Waals surface area contributed by atoms with Crippen LogP contribution in [0.3, 0.4) is 0 Å². The number of pyridine rings is 1. The molecule has 0 unspecified atom stereocenters. The minimum absolute atomic E-state index is 0.148. The summed E-state index contributed by atoms with van der Waals surface area (Å²) < 4.78 is 12.1. The Labute approximate surface area is 161 Å². The molecule has 0 bridgehead atoms. The fourth-order valence-corrected chi connectivity index (χ4v) is 3.34. The summed E-state index contributed by atoms with van der Waals surface area (Å²) in [6.07, 6.45) is 6.10. The molecule has 0 spiro atoms. The van der Waals surface area contributed by atoms with Gasteiger partial charge in [-0.1, -0.05) is 6.07 Å². The van der Waals surface area contributed by atoms with Crippen molar-refractivity contribution in [3.63, 3.8) is 0 Å². The third kappa shape index (κ3) is 3.30. The van der Waals surface area contributed by atoms with Gasteiger partial charge in [0.05, 0.1) is 24.8 Å². The molecule has 1 aliphatic heterocycles. The van der Waals surface area contributed by atoms with Gasteiger partial charge < -0.3 is 19.9 Å². The molecular weight excluding hydrogens is 362 g/mol. The summed E-state index contributed by atoms with van der Waals surface area (Å²) in [5.74, 6) is -0.112. The van der Waals surface area contributed by atoms with Gasteiger partial charge in [-0.2, -0.15) is 0 Å². The Balaban J connectivity index is 1.72. The highest BCUT2D eigenvalue weighted by Crippen LogP contribution is 2.26. The first-order valence-electron chi connectivity index (χ1n) is 9.00. The van der Waals surface area contributed by atoms with E-state index in [0.29, 0.717) is 37.3 Å². The number of nitrogens with one attached hydrogen (secondary N) is 1. The molecule has 146 valence electrons. The largest absolute Gasteiger partial charge is 0.467 e. The Hall–Kier alpha value is -3.04. The van der Waals surface area contributed by atoms with E-state index in [4.69, 9.17) is 9.47 Å². The van der Waals surface area contributed by atoms with Crippen LogP contribution in [0.25, 0.3) is 16.8 Å². The van der Waals surface area contributed by atoms with E-state index in [1.165, 1.54) is 7.11 Å². The molecule has 28 heavy (non-hydrogen) atoms. The minimum Gasteiger partial charge on any atom is -0.467 e. The molecule has 0 saturated carbocycles. The van der Waals surface area contributed by atoms with Crippen molar-refractivity contribution in [2.75, 3.05) is 26.9 Å². The van der Waals surface area contributed by atoms with Crippen LogP contribution in [0.1, 0.15) is 23.5 Å². The van der Waals surface area contributed by atoms with Crippen molar-refractivity contribution >= 4 is 11.4 Å². The van der Waals surface area contributed by atoms with Crippen molar-refractivity contribution in [1.29, 1.82) is 0 Å². The van der Waals surface area contributed by atoms with E-state index in [9.17, 15) is 9.90 Å². The third-order valence-corrected chi connectivity index (χ3v) is 4.97. The molecule has 0 atom stereocenters. The number of amides is 1. The lowest BCUT2D eigenvalue weighted by atomic mass is 9.91. The number of hydrogen-bond acceptors (Lipinski definition) is 7. The number of imidazole rings is 1. The lowest BCUT2D eigenvalue weighted by Gasteiger charge is -2.36. The molecule has 3 aromatic rings. The van der Waals surface area contributed by atoms with Crippen LogP contribution in [0.2, 0.25) is 0 Å². The van der Waals surface area contributed by atoms with Gasteiger partial charge >= 0.3 is 6.01 Å². The van der Waals surface area contributed by atoms with Gasteiger partial charge in [-0.05, 0) is 25.0 Å². The van der Waals surface area contributed by atoms with Crippen LogP contribution in [0.15, 0.2) is 36.8 Å². The topological polar surface area (TPSA) is 111 Å². The van der Waals surface area contributed by atoms with Crippen LogP contribution in [-0.4, -0.2) is 62.8 Å². The third-order valence-electron chi connectivity index (χ3n) is 4.97. The molecule has 1 aliphatic rings. The predicted molar refractivity (Wildman–Crippen MR) is 100 cm³/mol. The number of hydrogen-bond donors (Lipinski definition) is 2. The van der Waals surface area contributed by atoms with Crippen LogP contribution >= 0.6 is 0 Å². The molecule has 9 heteroatoms. The molecule has 0 radical (unpaired) electrons. The summed E-state index contributed by atoms with van der Waals surface area (Å²) in [6.45, 7) is 0.847. The molecular formula is C19H21N5O4. The van der Waals surface area contributed by atoms with E-state index >= 15 is 0 Å². The van der Waals surface area contributed by atoms with Gasteiger partial charge in [0, 0.05) is 37.4 Å². The van der Waals surface area contributed by atoms with Gasteiger partial charge in [0.1, 0.15) is 5.69 Å². The summed E-state index contributed by atoms with van der Waals surface area (Å²) in [5.41, 5.74) is 1.33. The van der Waals surface area contributed by atoms with E-state index in [2.05, 4.69) is 20.3 Å². The summed E-state index contributed by atoms with van der Waals surface area (Å²) in [4.78, 5) is 25.8. The number of ether oxygens (including phenoxy) is 2. The fourth-order valence-electron chi connectivity index (χ4n) is 3.34. The van der Waals surface area contributed by atoms with Crippen LogP contribution in [0.5, 0.6) is 6.01 Å². The SMILES string of the molecule is COc1ncc(-c2nc(C(=O)NC3(CO)CCOCC3)n3ccccc23)cn1. The number of carbonyl (C=O) groups excluding carboxylic acids is 1. The number of carbonyl (C=O) groups is 1. The molecule has 0 aliphatic carbocycles. The Morgan fingerprint density at radius 2 is 2.07 bits per heavy atom. The molecule has 1 fully saturated rings. The second kappa shape index (κ2) is 7.53. The quantitative estimate of drug-likeness (QED) is 0.678. The second-order valence-electron chi connectivity index (χ2n) is 6.70. The maximum atomic E-state index is 13.0. The first-order valence-corrected chi connectivity index (χ1v) is 9.00. The fraction of sp³-hybridized carbons (Fsp3) is 0.368. The average molecular weight is 383 g/mol. The Morgan fingerprint density at radius 3 is 2.75 bits per heavy atom. The maximum absolute atomic E-state index is 13.0.